The SMILES string of the molecule is CCOc1cc2c(cc1OCC)CN(Cn1[nH]c(C(C)(C)C)nc1=S)CC2. The number of ether oxygens (including phenoxy) is 2. The first-order chi connectivity index (χ1) is 12.8. The monoisotopic (exact) mass is 390 g/mol. The fourth-order valence-electron chi connectivity index (χ4n) is 3.27. The van der Waals surface area contributed by atoms with Crippen LogP contribution in [0.15, 0.2) is 12.1 Å². The van der Waals surface area contributed by atoms with Crippen molar-refractivity contribution in [1.29, 1.82) is 0 Å². The minimum absolute atomic E-state index is 0.0463. The highest BCUT2D eigenvalue weighted by molar-refractivity contribution is 7.71. The van der Waals surface area contributed by atoms with E-state index in [0.29, 0.717) is 24.7 Å². The molecule has 27 heavy (non-hydrogen) atoms. The number of hydrogen-bond donors (Lipinski definition) is 1. The maximum Gasteiger partial charge on any atom is 0.217 e. The van der Waals surface area contributed by atoms with Crippen molar-refractivity contribution in [3.63, 3.8) is 0 Å². The fourth-order valence-corrected chi connectivity index (χ4v) is 3.46. The Labute approximate surface area is 166 Å². The number of rotatable bonds is 6. The molecule has 6 nitrogen and oxygen atoms in total. The molecule has 0 bridgehead atoms. The summed E-state index contributed by atoms with van der Waals surface area (Å²) in [6.45, 7) is 14.2. The molecule has 1 aliphatic rings. The minimum Gasteiger partial charge on any atom is -0.490 e. The summed E-state index contributed by atoms with van der Waals surface area (Å²) in [6, 6.07) is 4.27. The minimum atomic E-state index is -0.0463. The van der Waals surface area contributed by atoms with Crippen LogP contribution in [0.1, 0.15) is 51.6 Å². The maximum atomic E-state index is 5.79. The Balaban J connectivity index is 1.79. The van der Waals surface area contributed by atoms with E-state index < -0.39 is 0 Å². The van der Waals surface area contributed by atoms with Gasteiger partial charge in [-0.15, -0.1) is 0 Å². The van der Waals surface area contributed by atoms with Gasteiger partial charge in [0.15, 0.2) is 11.5 Å². The molecule has 1 N–H and O–H groups in total. The molecule has 0 amide bonds. The van der Waals surface area contributed by atoms with E-state index in [-0.39, 0.29) is 5.41 Å². The average molecular weight is 391 g/mol. The third-order valence-corrected chi connectivity index (χ3v) is 5.00. The van der Waals surface area contributed by atoms with Crippen LogP contribution < -0.4 is 9.47 Å². The molecular formula is C20H30N4O2S. The molecule has 0 atom stereocenters. The molecule has 0 fully saturated rings. The molecule has 2 heterocycles. The van der Waals surface area contributed by atoms with E-state index in [1.165, 1.54) is 11.1 Å². The van der Waals surface area contributed by atoms with Crippen molar-refractivity contribution in [2.45, 2.75) is 59.7 Å². The summed E-state index contributed by atoms with van der Waals surface area (Å²) in [5, 5.41) is 3.37. The van der Waals surface area contributed by atoms with Gasteiger partial charge in [-0.05, 0) is 55.7 Å². The van der Waals surface area contributed by atoms with Gasteiger partial charge >= 0.3 is 0 Å². The predicted molar refractivity (Wildman–Crippen MR) is 109 cm³/mol. The van der Waals surface area contributed by atoms with Gasteiger partial charge in [-0.25, -0.2) is 9.67 Å². The summed E-state index contributed by atoms with van der Waals surface area (Å²) >= 11 is 5.45. The van der Waals surface area contributed by atoms with Gasteiger partial charge in [-0.1, -0.05) is 20.8 Å². The third kappa shape index (κ3) is 4.52. The number of benzene rings is 1. The zero-order valence-corrected chi connectivity index (χ0v) is 17.8. The Hall–Kier alpha value is -1.86. The molecule has 1 aliphatic heterocycles. The van der Waals surface area contributed by atoms with E-state index in [4.69, 9.17) is 21.7 Å². The van der Waals surface area contributed by atoms with Crippen LogP contribution in [0.25, 0.3) is 0 Å². The topological polar surface area (TPSA) is 55.3 Å². The van der Waals surface area contributed by atoms with Gasteiger partial charge in [0.05, 0.1) is 19.9 Å². The molecule has 1 aromatic heterocycles. The highest BCUT2D eigenvalue weighted by atomic mass is 32.1. The highest BCUT2D eigenvalue weighted by Gasteiger charge is 2.22. The predicted octanol–water partition coefficient (Wildman–Crippen LogP) is 4.05. The zero-order chi connectivity index (χ0) is 19.6. The summed E-state index contributed by atoms with van der Waals surface area (Å²) in [6.07, 6.45) is 0.982. The molecule has 7 heteroatoms. The second kappa shape index (κ2) is 8.02. The number of nitrogens with zero attached hydrogens (tertiary/aromatic N) is 3. The lowest BCUT2D eigenvalue weighted by atomic mass is 9.96. The van der Waals surface area contributed by atoms with Crippen molar-refractivity contribution < 1.29 is 9.47 Å². The van der Waals surface area contributed by atoms with Crippen LogP contribution in [0.3, 0.4) is 0 Å². The summed E-state index contributed by atoms with van der Waals surface area (Å²) in [7, 11) is 0. The van der Waals surface area contributed by atoms with Gasteiger partial charge in [-0.3, -0.25) is 10.00 Å². The highest BCUT2D eigenvalue weighted by Crippen LogP contribution is 2.34. The quantitative estimate of drug-likeness (QED) is 0.754. The number of H-pyrrole nitrogens is 1. The van der Waals surface area contributed by atoms with Gasteiger partial charge in [0, 0.05) is 18.5 Å². The van der Waals surface area contributed by atoms with E-state index in [1.54, 1.807) is 0 Å². The van der Waals surface area contributed by atoms with E-state index in [0.717, 1.165) is 36.8 Å². The number of aromatic nitrogens is 3. The number of fused-ring (bicyclic) bond motifs is 1. The lowest BCUT2D eigenvalue weighted by molar-refractivity contribution is 0.186. The zero-order valence-electron chi connectivity index (χ0n) is 17.0. The molecule has 0 saturated carbocycles. The van der Waals surface area contributed by atoms with Crippen LogP contribution in [-0.2, 0) is 25.0 Å². The fraction of sp³-hybridized carbons (Fsp3) is 0.600. The maximum absolute atomic E-state index is 5.79. The van der Waals surface area contributed by atoms with Gasteiger partial charge in [0.2, 0.25) is 4.77 Å². The number of aromatic amines is 1. The normalized spacial score (nSPS) is 14.9. The van der Waals surface area contributed by atoms with Crippen molar-refractivity contribution in [2.24, 2.45) is 0 Å². The Kier molecular flexibility index (Phi) is 5.91. The van der Waals surface area contributed by atoms with Crippen molar-refractivity contribution >= 4 is 12.2 Å². The number of hydrogen-bond acceptors (Lipinski definition) is 5. The smallest absolute Gasteiger partial charge is 0.217 e. The summed E-state index contributed by atoms with van der Waals surface area (Å²) in [5.74, 6) is 2.59. The van der Waals surface area contributed by atoms with Gasteiger partial charge < -0.3 is 9.47 Å². The summed E-state index contributed by atoms with van der Waals surface area (Å²) < 4.78 is 14.1. The first-order valence-corrected chi connectivity index (χ1v) is 10.0. The molecule has 2 aromatic rings. The molecule has 0 radical (unpaired) electrons. The Morgan fingerprint density at radius 3 is 2.30 bits per heavy atom. The van der Waals surface area contributed by atoms with Crippen molar-refractivity contribution in [2.75, 3.05) is 19.8 Å². The second-order valence-electron chi connectivity index (χ2n) is 7.91. The Morgan fingerprint density at radius 2 is 1.74 bits per heavy atom. The third-order valence-electron chi connectivity index (χ3n) is 4.69. The number of nitrogens with one attached hydrogen (secondary N) is 1. The summed E-state index contributed by atoms with van der Waals surface area (Å²) in [4.78, 5) is 6.90. The van der Waals surface area contributed by atoms with E-state index >= 15 is 0 Å². The van der Waals surface area contributed by atoms with Crippen LogP contribution in [-0.4, -0.2) is 39.4 Å². The largest absolute Gasteiger partial charge is 0.490 e. The molecule has 3 rings (SSSR count). The Bertz CT molecular complexity index is 851. The molecule has 0 spiro atoms. The molecule has 0 saturated heterocycles. The first kappa shape index (κ1) is 19.9. The van der Waals surface area contributed by atoms with Crippen LogP contribution >= 0.6 is 12.2 Å². The lowest BCUT2D eigenvalue weighted by Gasteiger charge is -2.29. The van der Waals surface area contributed by atoms with Crippen molar-refractivity contribution in [3.8, 4) is 11.5 Å². The average Bonchev–Trinajstić information content (AvgIpc) is 2.97. The van der Waals surface area contributed by atoms with Crippen LogP contribution in [0.2, 0.25) is 0 Å². The van der Waals surface area contributed by atoms with Crippen molar-refractivity contribution in [3.05, 3.63) is 33.9 Å². The standard InChI is InChI=1S/C20H30N4O2S/c1-6-25-16-10-14-8-9-23(12-15(14)11-17(16)26-7-2)13-24-19(27)21-18(22-24)20(3,4)5/h10-11H,6-9,12-13H2,1-5H3,(H,21,22,27). The molecule has 0 aliphatic carbocycles. The van der Waals surface area contributed by atoms with Gasteiger partial charge in [-0.2, -0.15) is 0 Å². The van der Waals surface area contributed by atoms with Crippen LogP contribution in [0.4, 0.5) is 0 Å². The molecule has 0 unspecified atom stereocenters. The van der Waals surface area contributed by atoms with E-state index in [2.05, 4.69) is 47.9 Å². The summed E-state index contributed by atoms with van der Waals surface area (Å²) in [5.41, 5.74) is 2.58. The van der Waals surface area contributed by atoms with Gasteiger partial charge in [0.25, 0.3) is 0 Å². The van der Waals surface area contributed by atoms with Crippen molar-refractivity contribution in [1.82, 2.24) is 19.7 Å². The second-order valence-corrected chi connectivity index (χ2v) is 8.28. The van der Waals surface area contributed by atoms with Crippen LogP contribution in [0.5, 0.6) is 11.5 Å². The van der Waals surface area contributed by atoms with Crippen LogP contribution in [0, 0.1) is 4.77 Å². The molecule has 148 valence electrons. The van der Waals surface area contributed by atoms with E-state index in [9.17, 15) is 0 Å². The Morgan fingerprint density at radius 1 is 1.11 bits per heavy atom. The molecular weight excluding hydrogens is 360 g/mol. The van der Waals surface area contributed by atoms with E-state index in [1.807, 2.05) is 18.5 Å². The first-order valence-electron chi connectivity index (χ1n) is 9.63. The molecule has 1 aromatic carbocycles. The lowest BCUT2D eigenvalue weighted by Crippen LogP contribution is -2.33. The van der Waals surface area contributed by atoms with Gasteiger partial charge in [0.1, 0.15) is 5.82 Å².